The van der Waals surface area contributed by atoms with Crippen LogP contribution in [-0.4, -0.2) is 42.2 Å². The number of rotatable bonds is 11. The number of aliphatic hydroxyl groups is 1. The van der Waals surface area contributed by atoms with E-state index in [1.807, 2.05) is 65.6 Å². The molecule has 168 valence electrons. The molecule has 7 heteroatoms. The summed E-state index contributed by atoms with van der Waals surface area (Å²) in [5.41, 5.74) is 2.19. The SMILES string of the molecule is O=C(CN(CCCO)C(c1ccccc1)c1ccccc1)Nc1ccccc1OC(F)F. The van der Waals surface area contributed by atoms with E-state index in [4.69, 9.17) is 0 Å². The molecule has 0 saturated heterocycles. The number of alkyl halides is 2. The molecule has 2 N–H and O–H groups in total. The van der Waals surface area contributed by atoms with Gasteiger partial charge in [-0.25, -0.2) is 0 Å². The third kappa shape index (κ3) is 6.60. The van der Waals surface area contributed by atoms with Gasteiger partial charge in [-0.3, -0.25) is 9.69 Å². The lowest BCUT2D eigenvalue weighted by atomic mass is 9.96. The minimum atomic E-state index is -2.99. The van der Waals surface area contributed by atoms with Gasteiger partial charge in [-0.15, -0.1) is 0 Å². The maximum Gasteiger partial charge on any atom is 0.387 e. The van der Waals surface area contributed by atoms with Crippen LogP contribution in [0.1, 0.15) is 23.6 Å². The van der Waals surface area contributed by atoms with Gasteiger partial charge in [-0.05, 0) is 29.7 Å². The van der Waals surface area contributed by atoms with Crippen LogP contribution in [0.2, 0.25) is 0 Å². The van der Waals surface area contributed by atoms with Gasteiger partial charge in [0.15, 0.2) is 0 Å². The number of hydrogen-bond acceptors (Lipinski definition) is 4. The number of amides is 1. The van der Waals surface area contributed by atoms with Gasteiger partial charge in [0.25, 0.3) is 0 Å². The highest BCUT2D eigenvalue weighted by Crippen LogP contribution is 2.29. The Morgan fingerprint density at radius 1 is 0.906 bits per heavy atom. The Morgan fingerprint density at radius 3 is 2.03 bits per heavy atom. The fourth-order valence-corrected chi connectivity index (χ4v) is 3.60. The summed E-state index contributed by atoms with van der Waals surface area (Å²) in [5.74, 6) is -0.467. The maximum absolute atomic E-state index is 12.9. The van der Waals surface area contributed by atoms with Crippen molar-refractivity contribution in [3.63, 3.8) is 0 Å². The van der Waals surface area contributed by atoms with Crippen molar-refractivity contribution >= 4 is 11.6 Å². The molecule has 0 unspecified atom stereocenters. The number of halogens is 2. The second-order valence-corrected chi connectivity index (χ2v) is 7.19. The fraction of sp³-hybridized carbons (Fsp3) is 0.240. The predicted octanol–water partition coefficient (Wildman–Crippen LogP) is 4.70. The number of para-hydroxylation sites is 2. The summed E-state index contributed by atoms with van der Waals surface area (Å²) in [5, 5.41) is 12.1. The molecule has 3 rings (SSSR count). The van der Waals surface area contributed by atoms with Crippen molar-refractivity contribution in [3.05, 3.63) is 96.1 Å². The Hall–Kier alpha value is -3.29. The van der Waals surface area contributed by atoms with Crippen LogP contribution in [0.3, 0.4) is 0 Å². The number of nitrogens with zero attached hydrogens (tertiary/aromatic N) is 1. The Kier molecular flexibility index (Phi) is 8.71. The Morgan fingerprint density at radius 2 is 1.47 bits per heavy atom. The van der Waals surface area contributed by atoms with Crippen LogP contribution in [0.25, 0.3) is 0 Å². The zero-order valence-corrected chi connectivity index (χ0v) is 17.5. The third-order valence-electron chi connectivity index (χ3n) is 4.92. The average Bonchev–Trinajstić information content (AvgIpc) is 2.80. The highest BCUT2D eigenvalue weighted by molar-refractivity contribution is 5.93. The molecule has 0 bridgehead atoms. The van der Waals surface area contributed by atoms with E-state index in [2.05, 4.69) is 10.1 Å². The Bertz CT molecular complexity index is 932. The van der Waals surface area contributed by atoms with E-state index in [0.29, 0.717) is 13.0 Å². The number of nitrogens with one attached hydrogen (secondary N) is 1. The number of hydrogen-bond donors (Lipinski definition) is 2. The molecular weight excluding hydrogens is 414 g/mol. The quantitative estimate of drug-likeness (QED) is 0.454. The summed E-state index contributed by atoms with van der Waals surface area (Å²) in [7, 11) is 0. The first-order chi connectivity index (χ1) is 15.6. The molecule has 0 atom stereocenters. The molecular formula is C25H26F2N2O3. The van der Waals surface area contributed by atoms with Crippen LogP contribution in [0, 0.1) is 0 Å². The van der Waals surface area contributed by atoms with Crippen LogP contribution in [0.15, 0.2) is 84.9 Å². The van der Waals surface area contributed by atoms with Crippen molar-refractivity contribution in [2.24, 2.45) is 0 Å². The smallest absolute Gasteiger partial charge is 0.387 e. The second-order valence-electron chi connectivity index (χ2n) is 7.19. The molecule has 5 nitrogen and oxygen atoms in total. The molecule has 1 amide bonds. The van der Waals surface area contributed by atoms with Crippen LogP contribution < -0.4 is 10.1 Å². The van der Waals surface area contributed by atoms with E-state index >= 15 is 0 Å². The maximum atomic E-state index is 12.9. The van der Waals surface area contributed by atoms with Gasteiger partial charge in [-0.2, -0.15) is 8.78 Å². The second kappa shape index (κ2) is 11.9. The van der Waals surface area contributed by atoms with Gasteiger partial charge in [0, 0.05) is 13.2 Å². The monoisotopic (exact) mass is 440 g/mol. The number of benzene rings is 3. The summed E-state index contributed by atoms with van der Waals surface area (Å²) in [6, 6.07) is 25.4. The summed E-state index contributed by atoms with van der Waals surface area (Å²) in [6.45, 7) is -2.54. The molecule has 0 fully saturated rings. The number of carbonyl (C=O) groups is 1. The Balaban J connectivity index is 1.86. The highest BCUT2D eigenvalue weighted by Gasteiger charge is 2.24. The van der Waals surface area contributed by atoms with E-state index in [-0.39, 0.29) is 36.5 Å². The van der Waals surface area contributed by atoms with Crippen molar-refractivity contribution in [2.75, 3.05) is 25.0 Å². The number of anilines is 1. The zero-order chi connectivity index (χ0) is 22.8. The van der Waals surface area contributed by atoms with Crippen LogP contribution in [-0.2, 0) is 4.79 Å². The van der Waals surface area contributed by atoms with E-state index in [1.54, 1.807) is 12.1 Å². The first-order valence-corrected chi connectivity index (χ1v) is 10.4. The molecule has 3 aromatic rings. The molecule has 0 saturated carbocycles. The zero-order valence-electron chi connectivity index (χ0n) is 17.5. The van der Waals surface area contributed by atoms with Crippen molar-refractivity contribution in [2.45, 2.75) is 19.1 Å². The van der Waals surface area contributed by atoms with Crippen LogP contribution >= 0.6 is 0 Å². The third-order valence-corrected chi connectivity index (χ3v) is 4.92. The molecule has 0 radical (unpaired) electrons. The Labute approximate surface area is 186 Å². The molecule has 0 heterocycles. The van der Waals surface area contributed by atoms with Gasteiger partial charge in [-0.1, -0.05) is 72.8 Å². The van der Waals surface area contributed by atoms with Crippen LogP contribution in [0.5, 0.6) is 5.75 Å². The summed E-state index contributed by atoms with van der Waals surface area (Å²) >= 11 is 0. The first kappa shape index (κ1) is 23.4. The normalized spacial score (nSPS) is 11.2. The van der Waals surface area contributed by atoms with Crippen molar-refractivity contribution < 1.29 is 23.4 Å². The van der Waals surface area contributed by atoms with E-state index in [0.717, 1.165) is 11.1 Å². The van der Waals surface area contributed by atoms with Crippen molar-refractivity contribution in [1.82, 2.24) is 4.90 Å². The molecule has 0 aliphatic carbocycles. The molecule has 32 heavy (non-hydrogen) atoms. The van der Waals surface area contributed by atoms with Gasteiger partial charge in [0.2, 0.25) is 5.91 Å². The van der Waals surface area contributed by atoms with Gasteiger partial charge >= 0.3 is 6.61 Å². The summed E-state index contributed by atoms with van der Waals surface area (Å²) in [6.07, 6.45) is 0.481. The number of carbonyl (C=O) groups excluding carboxylic acids is 1. The fourth-order valence-electron chi connectivity index (χ4n) is 3.60. The predicted molar refractivity (Wildman–Crippen MR) is 120 cm³/mol. The first-order valence-electron chi connectivity index (χ1n) is 10.4. The topological polar surface area (TPSA) is 61.8 Å². The minimum Gasteiger partial charge on any atom is -0.433 e. The molecule has 0 aliphatic rings. The number of aliphatic hydroxyl groups excluding tert-OH is 1. The lowest BCUT2D eigenvalue weighted by Gasteiger charge is -2.32. The highest BCUT2D eigenvalue weighted by atomic mass is 19.3. The molecule has 0 aliphatic heterocycles. The number of ether oxygens (including phenoxy) is 1. The van der Waals surface area contributed by atoms with E-state index < -0.39 is 6.61 Å². The molecule has 0 spiro atoms. The van der Waals surface area contributed by atoms with E-state index in [1.165, 1.54) is 12.1 Å². The largest absolute Gasteiger partial charge is 0.433 e. The summed E-state index contributed by atoms with van der Waals surface area (Å²) in [4.78, 5) is 14.9. The van der Waals surface area contributed by atoms with Gasteiger partial charge in [0.1, 0.15) is 5.75 Å². The van der Waals surface area contributed by atoms with Crippen LogP contribution in [0.4, 0.5) is 14.5 Å². The molecule has 3 aromatic carbocycles. The lowest BCUT2D eigenvalue weighted by molar-refractivity contribution is -0.117. The summed E-state index contributed by atoms with van der Waals surface area (Å²) < 4.78 is 29.9. The minimum absolute atomic E-state index is 0.00251. The molecule has 0 aromatic heterocycles. The van der Waals surface area contributed by atoms with E-state index in [9.17, 15) is 18.7 Å². The van der Waals surface area contributed by atoms with Gasteiger partial charge < -0.3 is 15.2 Å². The van der Waals surface area contributed by atoms with Crippen molar-refractivity contribution in [1.29, 1.82) is 0 Å². The average molecular weight is 440 g/mol. The standard InChI is InChI=1S/C25H26F2N2O3/c26-25(27)32-22-15-8-7-14-21(22)28-23(31)18-29(16-9-17-30)24(19-10-3-1-4-11-19)20-12-5-2-6-13-20/h1-8,10-15,24-25,30H,9,16-18H2,(H,28,31). The van der Waals surface area contributed by atoms with Gasteiger partial charge in [0.05, 0.1) is 18.3 Å². The van der Waals surface area contributed by atoms with Crippen molar-refractivity contribution in [3.8, 4) is 5.75 Å². The lowest BCUT2D eigenvalue weighted by Crippen LogP contribution is -2.38.